The van der Waals surface area contributed by atoms with Crippen LogP contribution < -0.4 is 5.73 Å². The zero-order chi connectivity index (χ0) is 13.7. The number of nitrogens with two attached hydrogens (primary N) is 1. The minimum absolute atomic E-state index is 0.0207. The van der Waals surface area contributed by atoms with Gasteiger partial charge in [-0.1, -0.05) is 0 Å². The summed E-state index contributed by atoms with van der Waals surface area (Å²) in [6.07, 6.45) is 1.21. The van der Waals surface area contributed by atoms with E-state index in [0.717, 1.165) is 16.9 Å². The molecule has 0 aliphatic heterocycles. The average Bonchev–Trinajstić information content (AvgIpc) is 2.63. The average molecular weight is 271 g/mol. The number of aromatic nitrogens is 4. The fourth-order valence-corrected chi connectivity index (χ4v) is 3.29. The maximum absolute atomic E-state index is 11.4. The van der Waals surface area contributed by atoms with E-state index in [0.29, 0.717) is 5.95 Å². The van der Waals surface area contributed by atoms with Gasteiger partial charge in [-0.15, -0.1) is 0 Å². The number of nitrogens with zero attached hydrogens (tertiary/aromatic N) is 4. The van der Waals surface area contributed by atoms with Crippen LogP contribution in [0, 0.1) is 6.92 Å². The van der Waals surface area contributed by atoms with Crippen LogP contribution in [0.15, 0.2) is 0 Å². The summed E-state index contributed by atoms with van der Waals surface area (Å²) in [5.41, 5.74) is 8.12. The van der Waals surface area contributed by atoms with Crippen LogP contribution in [0.4, 0.5) is 5.95 Å². The number of anilines is 1. The third kappa shape index (κ3) is 2.07. The Balaban J connectivity index is 2.60. The molecule has 1 atom stereocenters. The van der Waals surface area contributed by atoms with E-state index in [2.05, 4.69) is 10.1 Å². The first kappa shape index (κ1) is 12.9. The number of imidazole rings is 1. The Bertz CT molecular complexity index is 697. The summed E-state index contributed by atoms with van der Waals surface area (Å²) in [6.45, 7) is 3.65. The topological polar surface area (TPSA) is 95.8 Å². The molecule has 8 heteroatoms. The second-order valence-electron chi connectivity index (χ2n) is 4.66. The molecule has 0 radical (unpaired) electrons. The first-order chi connectivity index (χ1) is 8.20. The highest BCUT2D eigenvalue weighted by molar-refractivity contribution is 7.90. The maximum Gasteiger partial charge on any atom is 0.202 e. The molecule has 0 aromatic carbocycles. The summed E-state index contributed by atoms with van der Waals surface area (Å²) in [5.74, 6) is 0.338. The van der Waals surface area contributed by atoms with Gasteiger partial charge >= 0.3 is 0 Å². The molecule has 0 amide bonds. The number of fused-ring (bicyclic) bond motifs is 1. The molecule has 2 aromatic rings. The quantitative estimate of drug-likeness (QED) is 0.864. The molecule has 100 valence electrons. The molecule has 2 N–H and O–H groups in total. The highest BCUT2D eigenvalue weighted by atomic mass is 32.2. The third-order valence-corrected chi connectivity index (χ3v) is 3.94. The van der Waals surface area contributed by atoms with E-state index in [1.54, 1.807) is 23.2 Å². The van der Waals surface area contributed by atoms with Crippen molar-refractivity contribution in [2.75, 3.05) is 17.7 Å². The van der Waals surface area contributed by atoms with Crippen molar-refractivity contribution in [3.05, 3.63) is 5.69 Å². The van der Waals surface area contributed by atoms with E-state index in [4.69, 9.17) is 5.73 Å². The lowest BCUT2D eigenvalue weighted by Crippen LogP contribution is -2.19. The molecule has 0 saturated heterocycles. The van der Waals surface area contributed by atoms with Gasteiger partial charge in [-0.05, 0) is 13.8 Å². The van der Waals surface area contributed by atoms with E-state index < -0.39 is 9.84 Å². The van der Waals surface area contributed by atoms with Crippen molar-refractivity contribution in [2.24, 2.45) is 7.05 Å². The summed E-state index contributed by atoms with van der Waals surface area (Å²) in [6, 6.07) is -0.278. The largest absolute Gasteiger partial charge is 0.369 e. The fourth-order valence-electron chi connectivity index (χ4n) is 2.26. The molecule has 0 spiro atoms. The Kier molecular flexibility index (Phi) is 2.84. The summed E-state index contributed by atoms with van der Waals surface area (Å²) in [4.78, 5) is 4.25. The van der Waals surface area contributed by atoms with Crippen LogP contribution in [0.25, 0.3) is 11.2 Å². The number of aryl methyl sites for hydroxylation is 2. The lowest BCUT2D eigenvalue weighted by molar-refractivity contribution is 0.565. The minimum Gasteiger partial charge on any atom is -0.369 e. The van der Waals surface area contributed by atoms with Crippen molar-refractivity contribution < 1.29 is 8.42 Å². The lowest BCUT2D eigenvalue weighted by Gasteiger charge is -2.14. The van der Waals surface area contributed by atoms with E-state index >= 15 is 0 Å². The molecule has 7 nitrogen and oxygen atoms in total. The van der Waals surface area contributed by atoms with Gasteiger partial charge in [-0.2, -0.15) is 5.10 Å². The Labute approximate surface area is 106 Å². The van der Waals surface area contributed by atoms with Gasteiger partial charge in [0, 0.05) is 19.3 Å². The van der Waals surface area contributed by atoms with Gasteiger partial charge in [0.25, 0.3) is 0 Å². The number of nitrogen functional groups attached to an aromatic ring is 1. The molecule has 1 unspecified atom stereocenters. The summed E-state index contributed by atoms with van der Waals surface area (Å²) in [5, 5.41) is 4.26. The molecule has 2 aromatic heterocycles. The van der Waals surface area contributed by atoms with Gasteiger partial charge < -0.3 is 5.73 Å². The van der Waals surface area contributed by atoms with Crippen LogP contribution in [0.3, 0.4) is 0 Å². The fraction of sp³-hybridized carbons (Fsp3) is 0.600. The number of hydrogen-bond donors (Lipinski definition) is 1. The highest BCUT2D eigenvalue weighted by Crippen LogP contribution is 2.25. The summed E-state index contributed by atoms with van der Waals surface area (Å²) >= 11 is 0. The van der Waals surface area contributed by atoms with Crippen LogP contribution >= 0.6 is 0 Å². The number of rotatable bonds is 3. The molecule has 2 heterocycles. The Morgan fingerprint density at radius 2 is 2.06 bits per heavy atom. The summed E-state index contributed by atoms with van der Waals surface area (Å²) in [7, 11) is -1.28. The lowest BCUT2D eigenvalue weighted by atomic mass is 10.3. The van der Waals surface area contributed by atoms with Gasteiger partial charge in [0.05, 0.1) is 11.4 Å². The van der Waals surface area contributed by atoms with Crippen LogP contribution in [0.2, 0.25) is 0 Å². The third-order valence-electron chi connectivity index (χ3n) is 2.85. The van der Waals surface area contributed by atoms with Crippen molar-refractivity contribution in [3.8, 4) is 0 Å². The van der Waals surface area contributed by atoms with Gasteiger partial charge in [-0.25, -0.2) is 13.4 Å². The smallest absolute Gasteiger partial charge is 0.202 e. The first-order valence-electron chi connectivity index (χ1n) is 5.55. The van der Waals surface area contributed by atoms with E-state index in [9.17, 15) is 8.42 Å². The van der Waals surface area contributed by atoms with Crippen molar-refractivity contribution in [3.63, 3.8) is 0 Å². The van der Waals surface area contributed by atoms with Crippen LogP contribution in [0.1, 0.15) is 18.7 Å². The maximum atomic E-state index is 11.4. The summed E-state index contributed by atoms with van der Waals surface area (Å²) < 4.78 is 26.1. The molecule has 0 bridgehead atoms. The van der Waals surface area contributed by atoms with Gasteiger partial charge in [0.15, 0.2) is 5.65 Å². The van der Waals surface area contributed by atoms with Crippen molar-refractivity contribution >= 4 is 26.9 Å². The molecular formula is C10H17N5O2S. The second-order valence-corrected chi connectivity index (χ2v) is 6.85. The van der Waals surface area contributed by atoms with Gasteiger partial charge in [-0.3, -0.25) is 9.25 Å². The van der Waals surface area contributed by atoms with Crippen LogP contribution in [-0.2, 0) is 16.9 Å². The predicted octanol–water partition coefficient (Wildman–Crippen LogP) is 0.266. The van der Waals surface area contributed by atoms with Crippen molar-refractivity contribution in [1.29, 1.82) is 0 Å². The number of hydrogen-bond acceptors (Lipinski definition) is 5. The van der Waals surface area contributed by atoms with Gasteiger partial charge in [0.2, 0.25) is 5.95 Å². The number of sulfone groups is 1. The van der Waals surface area contributed by atoms with Crippen LogP contribution in [0.5, 0.6) is 0 Å². The van der Waals surface area contributed by atoms with Crippen LogP contribution in [-0.4, -0.2) is 39.8 Å². The molecule has 0 aliphatic rings. The normalized spacial score (nSPS) is 14.2. The van der Waals surface area contributed by atoms with E-state index in [-0.39, 0.29) is 11.8 Å². The molecular weight excluding hydrogens is 254 g/mol. The van der Waals surface area contributed by atoms with Crippen molar-refractivity contribution in [1.82, 2.24) is 19.3 Å². The van der Waals surface area contributed by atoms with Gasteiger partial charge in [0.1, 0.15) is 15.4 Å². The SMILES string of the molecule is Cc1nn(C)c2c1nc(N)n2C(C)CS(C)(=O)=O. The zero-order valence-electron chi connectivity index (χ0n) is 10.9. The van der Waals surface area contributed by atoms with Crippen molar-refractivity contribution in [2.45, 2.75) is 19.9 Å². The Morgan fingerprint density at radius 3 is 2.61 bits per heavy atom. The molecule has 0 saturated carbocycles. The van der Waals surface area contributed by atoms with E-state index in [1.165, 1.54) is 6.26 Å². The second kappa shape index (κ2) is 3.98. The van der Waals surface area contributed by atoms with E-state index in [1.807, 2.05) is 6.92 Å². The molecule has 0 fully saturated rings. The monoisotopic (exact) mass is 271 g/mol. The zero-order valence-corrected chi connectivity index (χ0v) is 11.7. The predicted molar refractivity (Wildman–Crippen MR) is 70.1 cm³/mol. The first-order valence-corrected chi connectivity index (χ1v) is 7.61. The highest BCUT2D eigenvalue weighted by Gasteiger charge is 2.21. The molecule has 18 heavy (non-hydrogen) atoms. The standard InChI is InChI=1S/C10H17N5O2S/c1-6(5-18(4,16)17)15-9-8(12-10(15)11)7(2)13-14(9)3/h6H,5H2,1-4H3,(H2,11,12). The molecule has 0 aliphatic carbocycles. The minimum atomic E-state index is -3.07. The molecule has 2 rings (SSSR count). The Morgan fingerprint density at radius 1 is 1.44 bits per heavy atom. The Hall–Kier alpha value is -1.57.